The van der Waals surface area contributed by atoms with Crippen LogP contribution in [0.5, 0.6) is 11.5 Å². The molecule has 1 heterocycles. The molecule has 3 nitrogen and oxygen atoms in total. The predicted octanol–water partition coefficient (Wildman–Crippen LogP) is 5.14. The van der Waals surface area contributed by atoms with Gasteiger partial charge in [-0.05, 0) is 73.8 Å². The van der Waals surface area contributed by atoms with Crippen molar-refractivity contribution < 1.29 is 14.0 Å². The summed E-state index contributed by atoms with van der Waals surface area (Å²) >= 11 is 0. The van der Waals surface area contributed by atoms with Crippen LogP contribution in [0.2, 0.25) is 0 Å². The Balaban J connectivity index is 1.40. The fraction of sp³-hybridized carbons (Fsp3) is 0.500. The van der Waals surface area contributed by atoms with Gasteiger partial charge >= 0.3 is 0 Å². The SMILES string of the molecule is COc1cc2c(c(C34CC5CC(CC(C5)C3)C4)c1)OC[N+](Cc1ccccc1)=C2. The smallest absolute Gasteiger partial charge is 0.287 e. The molecule has 7 rings (SSSR count). The van der Waals surface area contributed by atoms with Crippen LogP contribution in [-0.2, 0) is 12.0 Å². The van der Waals surface area contributed by atoms with E-state index >= 15 is 0 Å². The van der Waals surface area contributed by atoms with Gasteiger partial charge in [-0.25, -0.2) is 0 Å². The van der Waals surface area contributed by atoms with Crippen molar-refractivity contribution in [1.29, 1.82) is 0 Å². The second-order valence-electron chi connectivity index (χ2n) is 9.93. The zero-order chi connectivity index (χ0) is 19.4. The second kappa shape index (κ2) is 6.62. The summed E-state index contributed by atoms with van der Waals surface area (Å²) < 4.78 is 14.5. The van der Waals surface area contributed by atoms with E-state index in [9.17, 15) is 0 Å². The molecule has 2 aromatic carbocycles. The first-order valence-corrected chi connectivity index (χ1v) is 11.2. The van der Waals surface area contributed by atoms with Gasteiger partial charge in [0.25, 0.3) is 6.73 Å². The van der Waals surface area contributed by atoms with Crippen molar-refractivity contribution in [3.63, 3.8) is 0 Å². The van der Waals surface area contributed by atoms with Crippen molar-refractivity contribution in [1.82, 2.24) is 0 Å². The van der Waals surface area contributed by atoms with E-state index in [1.807, 2.05) is 0 Å². The maximum atomic E-state index is 6.47. The highest BCUT2D eigenvalue weighted by Gasteiger charge is 2.53. The van der Waals surface area contributed by atoms with Crippen molar-refractivity contribution in [3.8, 4) is 11.5 Å². The van der Waals surface area contributed by atoms with E-state index in [0.717, 1.165) is 35.8 Å². The van der Waals surface area contributed by atoms with Crippen LogP contribution >= 0.6 is 0 Å². The Labute approximate surface area is 173 Å². The number of ether oxygens (including phenoxy) is 2. The molecule has 3 heteroatoms. The number of rotatable bonds is 4. The average molecular weight is 389 g/mol. The highest BCUT2D eigenvalue weighted by Crippen LogP contribution is 2.62. The Bertz CT molecular complexity index is 927. The lowest BCUT2D eigenvalue weighted by atomic mass is 9.48. The Hall–Kier alpha value is -2.29. The average Bonchev–Trinajstić information content (AvgIpc) is 2.72. The van der Waals surface area contributed by atoms with Gasteiger partial charge in [-0.3, -0.25) is 0 Å². The van der Waals surface area contributed by atoms with E-state index < -0.39 is 0 Å². The van der Waals surface area contributed by atoms with Gasteiger partial charge in [0, 0.05) is 11.1 Å². The summed E-state index contributed by atoms with van der Waals surface area (Å²) in [5.41, 5.74) is 4.22. The lowest BCUT2D eigenvalue weighted by molar-refractivity contribution is -0.571. The molecule has 0 aromatic heterocycles. The highest BCUT2D eigenvalue weighted by atomic mass is 16.5. The maximum absolute atomic E-state index is 6.47. The van der Waals surface area contributed by atoms with Crippen LogP contribution in [0.15, 0.2) is 42.5 Å². The van der Waals surface area contributed by atoms with Gasteiger partial charge in [0.05, 0.1) is 12.7 Å². The van der Waals surface area contributed by atoms with E-state index in [0.29, 0.717) is 12.1 Å². The van der Waals surface area contributed by atoms with Crippen LogP contribution in [0, 0.1) is 17.8 Å². The molecule has 0 spiro atoms. The van der Waals surface area contributed by atoms with Crippen molar-refractivity contribution in [3.05, 3.63) is 59.2 Å². The molecule has 150 valence electrons. The molecule has 1 aliphatic heterocycles. The minimum Gasteiger partial charge on any atom is -0.497 e. The summed E-state index contributed by atoms with van der Waals surface area (Å²) in [5, 5.41) is 0. The molecular formula is C26H30NO2+. The van der Waals surface area contributed by atoms with Gasteiger partial charge in [0.15, 0.2) is 12.8 Å². The lowest BCUT2D eigenvalue weighted by Crippen LogP contribution is -2.48. The molecule has 29 heavy (non-hydrogen) atoms. The number of methoxy groups -OCH3 is 1. The third-order valence-corrected chi connectivity index (χ3v) is 7.86. The third kappa shape index (κ3) is 2.97. The summed E-state index contributed by atoms with van der Waals surface area (Å²) in [6.45, 7) is 1.48. The fourth-order valence-corrected chi connectivity index (χ4v) is 7.12. The first kappa shape index (κ1) is 17.6. The zero-order valence-corrected chi connectivity index (χ0v) is 17.3. The summed E-state index contributed by atoms with van der Waals surface area (Å²) in [7, 11) is 1.79. The molecule has 2 aromatic rings. The van der Waals surface area contributed by atoms with E-state index in [-0.39, 0.29) is 0 Å². The van der Waals surface area contributed by atoms with Gasteiger partial charge in [-0.1, -0.05) is 30.3 Å². The zero-order valence-electron chi connectivity index (χ0n) is 17.3. The maximum Gasteiger partial charge on any atom is 0.287 e. The molecular weight excluding hydrogens is 358 g/mol. The molecule has 0 atom stereocenters. The van der Waals surface area contributed by atoms with Gasteiger partial charge in [-0.2, -0.15) is 4.58 Å². The molecule has 0 N–H and O–H groups in total. The van der Waals surface area contributed by atoms with Gasteiger partial charge < -0.3 is 9.47 Å². The summed E-state index contributed by atoms with van der Waals surface area (Å²) in [5.74, 6) is 4.86. The van der Waals surface area contributed by atoms with Crippen molar-refractivity contribution in [2.75, 3.05) is 13.8 Å². The normalized spacial score (nSPS) is 31.8. The standard InChI is InChI=1S/C26H30NO2/c1-28-23-10-22-16-27(15-18-5-3-2-4-6-18)17-29-25(22)24(11-23)26-12-19-7-20(13-26)9-21(8-19)14-26/h2-6,10-11,16,19-21H,7-9,12-15,17H2,1H3/q+1. The molecule has 0 saturated heterocycles. The van der Waals surface area contributed by atoms with Crippen LogP contribution in [-0.4, -0.2) is 24.6 Å². The van der Waals surface area contributed by atoms with Crippen molar-refractivity contribution in [2.45, 2.75) is 50.5 Å². The minimum absolute atomic E-state index is 0.308. The Morgan fingerprint density at radius 2 is 1.69 bits per heavy atom. The van der Waals surface area contributed by atoms with E-state index in [1.54, 1.807) is 7.11 Å². The van der Waals surface area contributed by atoms with Gasteiger partial charge in [0.2, 0.25) is 0 Å². The topological polar surface area (TPSA) is 21.5 Å². The molecule has 4 fully saturated rings. The monoisotopic (exact) mass is 388 g/mol. The molecule has 4 bridgehead atoms. The fourth-order valence-electron chi connectivity index (χ4n) is 7.12. The number of hydrogen-bond acceptors (Lipinski definition) is 2. The Morgan fingerprint density at radius 1 is 1.00 bits per heavy atom. The highest BCUT2D eigenvalue weighted by molar-refractivity contribution is 5.83. The van der Waals surface area contributed by atoms with E-state index in [1.165, 1.54) is 55.2 Å². The number of fused-ring (bicyclic) bond motifs is 1. The quantitative estimate of drug-likeness (QED) is 0.676. The third-order valence-electron chi connectivity index (χ3n) is 7.86. The lowest BCUT2D eigenvalue weighted by Gasteiger charge is -2.57. The molecule has 0 radical (unpaired) electrons. The van der Waals surface area contributed by atoms with Crippen LogP contribution in [0.1, 0.15) is 55.2 Å². The first-order chi connectivity index (χ1) is 14.2. The number of hydrogen-bond donors (Lipinski definition) is 0. The predicted molar refractivity (Wildman–Crippen MR) is 114 cm³/mol. The van der Waals surface area contributed by atoms with Crippen molar-refractivity contribution in [2.24, 2.45) is 17.8 Å². The van der Waals surface area contributed by atoms with Crippen LogP contribution in [0.4, 0.5) is 0 Å². The van der Waals surface area contributed by atoms with Crippen LogP contribution < -0.4 is 9.47 Å². The molecule has 5 aliphatic rings. The van der Waals surface area contributed by atoms with Crippen molar-refractivity contribution >= 4 is 6.21 Å². The number of benzene rings is 2. The largest absolute Gasteiger partial charge is 0.497 e. The molecule has 0 amide bonds. The summed E-state index contributed by atoms with van der Waals surface area (Å²) in [4.78, 5) is 0. The molecule has 4 saturated carbocycles. The van der Waals surface area contributed by atoms with E-state index in [4.69, 9.17) is 9.47 Å². The van der Waals surface area contributed by atoms with E-state index in [2.05, 4.69) is 53.3 Å². The molecule has 4 aliphatic carbocycles. The Kier molecular flexibility index (Phi) is 4.01. The first-order valence-electron chi connectivity index (χ1n) is 11.2. The Morgan fingerprint density at radius 3 is 2.34 bits per heavy atom. The van der Waals surface area contributed by atoms with Crippen LogP contribution in [0.3, 0.4) is 0 Å². The van der Waals surface area contributed by atoms with Gasteiger partial charge in [0.1, 0.15) is 11.5 Å². The van der Waals surface area contributed by atoms with Gasteiger partial charge in [-0.15, -0.1) is 0 Å². The number of nitrogens with zero attached hydrogens (tertiary/aromatic N) is 1. The minimum atomic E-state index is 0.308. The summed E-state index contributed by atoms with van der Waals surface area (Å²) in [6.07, 6.45) is 10.7. The van der Waals surface area contributed by atoms with Crippen LogP contribution in [0.25, 0.3) is 0 Å². The molecule has 0 unspecified atom stereocenters. The second-order valence-corrected chi connectivity index (χ2v) is 9.93. The summed E-state index contributed by atoms with van der Waals surface area (Å²) in [6, 6.07) is 15.1.